The van der Waals surface area contributed by atoms with Gasteiger partial charge in [-0.3, -0.25) is 0 Å². The van der Waals surface area contributed by atoms with Crippen LogP contribution in [0.4, 0.5) is 5.69 Å². The van der Waals surface area contributed by atoms with Crippen LogP contribution in [0.5, 0.6) is 0 Å². The highest BCUT2D eigenvalue weighted by Crippen LogP contribution is 2.41. The number of nitrogens with zero attached hydrogens (tertiary/aromatic N) is 1. The second-order valence-electron chi connectivity index (χ2n) is 4.04. The van der Waals surface area contributed by atoms with Gasteiger partial charge in [-0.25, -0.2) is 0 Å². The summed E-state index contributed by atoms with van der Waals surface area (Å²) in [4.78, 5) is 1.24. The van der Waals surface area contributed by atoms with Crippen molar-refractivity contribution in [2.24, 2.45) is 0 Å². The zero-order chi connectivity index (χ0) is 10.2. The van der Waals surface area contributed by atoms with Crippen LogP contribution in [0, 0.1) is 11.3 Å². The van der Waals surface area contributed by atoms with Crippen LogP contribution in [0.3, 0.4) is 0 Å². The van der Waals surface area contributed by atoms with Gasteiger partial charge in [-0.15, -0.1) is 11.8 Å². The molecule has 0 radical (unpaired) electrons. The highest BCUT2D eigenvalue weighted by Gasteiger charge is 2.25. The number of anilines is 1. The van der Waals surface area contributed by atoms with Crippen LogP contribution in [0.1, 0.15) is 19.4 Å². The van der Waals surface area contributed by atoms with Crippen LogP contribution in [0.2, 0.25) is 0 Å². The molecule has 1 aliphatic rings. The highest BCUT2D eigenvalue weighted by atomic mass is 32.2. The second-order valence-corrected chi connectivity index (χ2v) is 5.79. The average molecular weight is 204 g/mol. The van der Waals surface area contributed by atoms with Crippen LogP contribution in [-0.4, -0.2) is 11.3 Å². The predicted molar refractivity (Wildman–Crippen MR) is 59.6 cm³/mol. The minimum absolute atomic E-state index is 0.237. The van der Waals surface area contributed by atoms with Gasteiger partial charge in [0.25, 0.3) is 0 Å². The molecule has 0 saturated carbocycles. The van der Waals surface area contributed by atoms with Crippen LogP contribution in [-0.2, 0) is 0 Å². The fourth-order valence-corrected chi connectivity index (χ4v) is 2.59. The number of fused-ring (bicyclic) bond motifs is 1. The van der Waals surface area contributed by atoms with Crippen molar-refractivity contribution < 1.29 is 0 Å². The Labute approximate surface area is 88.3 Å². The standard InChI is InChI=1S/C11H12N2S/c1-11(2)7-13-9-5-8(6-12)3-4-10(9)14-11/h3-5,13H,7H2,1-2H3. The third kappa shape index (κ3) is 1.71. The quantitative estimate of drug-likeness (QED) is 0.706. The molecule has 2 nitrogen and oxygen atoms in total. The van der Waals surface area contributed by atoms with E-state index in [9.17, 15) is 0 Å². The van der Waals surface area contributed by atoms with Crippen LogP contribution >= 0.6 is 11.8 Å². The number of hydrogen-bond donors (Lipinski definition) is 1. The fourth-order valence-electron chi connectivity index (χ4n) is 1.47. The summed E-state index contributed by atoms with van der Waals surface area (Å²) in [6.45, 7) is 5.37. The van der Waals surface area contributed by atoms with E-state index in [1.54, 1.807) is 0 Å². The summed E-state index contributed by atoms with van der Waals surface area (Å²) in [5.41, 5.74) is 1.81. The zero-order valence-corrected chi connectivity index (χ0v) is 9.11. The molecule has 0 aromatic heterocycles. The van der Waals surface area contributed by atoms with Crippen molar-refractivity contribution in [1.82, 2.24) is 0 Å². The number of nitrogens with one attached hydrogen (secondary N) is 1. The maximum absolute atomic E-state index is 8.76. The van der Waals surface area contributed by atoms with E-state index >= 15 is 0 Å². The van der Waals surface area contributed by atoms with E-state index in [4.69, 9.17) is 5.26 Å². The van der Waals surface area contributed by atoms with Crippen molar-refractivity contribution in [3.8, 4) is 6.07 Å². The van der Waals surface area contributed by atoms with E-state index in [1.165, 1.54) is 4.90 Å². The van der Waals surface area contributed by atoms with Crippen molar-refractivity contribution in [2.75, 3.05) is 11.9 Å². The Morgan fingerprint density at radius 2 is 2.29 bits per heavy atom. The van der Waals surface area contributed by atoms with Crippen LogP contribution in [0.25, 0.3) is 0 Å². The lowest BCUT2D eigenvalue weighted by Crippen LogP contribution is -2.29. The Kier molecular flexibility index (Phi) is 2.16. The summed E-state index contributed by atoms with van der Waals surface area (Å²) < 4.78 is 0.237. The van der Waals surface area contributed by atoms with E-state index in [1.807, 2.05) is 30.0 Å². The predicted octanol–water partition coefficient (Wildman–Crippen LogP) is 2.85. The number of nitriles is 1. The summed E-state index contributed by atoms with van der Waals surface area (Å²) in [6.07, 6.45) is 0. The molecule has 0 fully saturated rings. The monoisotopic (exact) mass is 204 g/mol. The van der Waals surface area contributed by atoms with Gasteiger partial charge in [-0.2, -0.15) is 5.26 Å². The molecule has 3 heteroatoms. The molecule has 2 rings (SSSR count). The molecule has 0 amide bonds. The first-order valence-corrected chi connectivity index (χ1v) is 5.39. The van der Waals surface area contributed by atoms with Gasteiger partial charge in [-0.05, 0) is 32.0 Å². The topological polar surface area (TPSA) is 35.8 Å². The summed E-state index contributed by atoms with van der Waals surface area (Å²) in [5, 5.41) is 12.1. The minimum Gasteiger partial charge on any atom is -0.383 e. The van der Waals surface area contributed by atoms with Crippen molar-refractivity contribution in [3.05, 3.63) is 23.8 Å². The van der Waals surface area contributed by atoms with E-state index in [0.29, 0.717) is 0 Å². The molecule has 1 aromatic carbocycles. The van der Waals surface area contributed by atoms with Crippen molar-refractivity contribution in [3.63, 3.8) is 0 Å². The summed E-state index contributed by atoms with van der Waals surface area (Å²) in [7, 11) is 0. The second kappa shape index (κ2) is 3.21. The van der Waals surface area contributed by atoms with Gasteiger partial charge in [0.15, 0.2) is 0 Å². The molecule has 1 aromatic rings. The van der Waals surface area contributed by atoms with Gasteiger partial charge >= 0.3 is 0 Å². The summed E-state index contributed by atoms with van der Waals surface area (Å²) in [5.74, 6) is 0. The maximum Gasteiger partial charge on any atom is 0.0992 e. The Morgan fingerprint density at radius 3 is 3.00 bits per heavy atom. The van der Waals surface area contributed by atoms with Gasteiger partial charge in [0.2, 0.25) is 0 Å². The lowest BCUT2D eigenvalue weighted by molar-refractivity contribution is 0.739. The lowest BCUT2D eigenvalue weighted by Gasteiger charge is -2.31. The van der Waals surface area contributed by atoms with Crippen molar-refractivity contribution in [2.45, 2.75) is 23.5 Å². The van der Waals surface area contributed by atoms with Crippen molar-refractivity contribution >= 4 is 17.4 Å². The molecule has 0 spiro atoms. The Hall–Kier alpha value is -1.14. The van der Waals surface area contributed by atoms with Crippen LogP contribution < -0.4 is 5.32 Å². The largest absolute Gasteiger partial charge is 0.383 e. The molecule has 1 aliphatic heterocycles. The first kappa shape index (κ1) is 9.42. The van der Waals surface area contributed by atoms with Gasteiger partial charge in [0.1, 0.15) is 0 Å². The molecule has 0 saturated heterocycles. The van der Waals surface area contributed by atoms with Gasteiger partial charge in [0.05, 0.1) is 11.6 Å². The first-order chi connectivity index (χ1) is 6.61. The van der Waals surface area contributed by atoms with Crippen LogP contribution in [0.15, 0.2) is 23.1 Å². The molecule has 72 valence electrons. The first-order valence-electron chi connectivity index (χ1n) is 4.58. The summed E-state index contributed by atoms with van der Waals surface area (Å²) in [6, 6.07) is 7.95. The third-order valence-corrected chi connectivity index (χ3v) is 3.47. The van der Waals surface area contributed by atoms with E-state index in [-0.39, 0.29) is 4.75 Å². The fraction of sp³-hybridized carbons (Fsp3) is 0.364. The highest BCUT2D eigenvalue weighted by molar-refractivity contribution is 8.00. The van der Waals surface area contributed by atoms with Gasteiger partial charge in [0, 0.05) is 21.9 Å². The number of thioether (sulfide) groups is 1. The molecular formula is C11H12N2S. The Balaban J connectivity index is 2.38. The van der Waals surface area contributed by atoms with Crippen molar-refractivity contribution in [1.29, 1.82) is 5.26 Å². The smallest absolute Gasteiger partial charge is 0.0992 e. The molecule has 0 bridgehead atoms. The van der Waals surface area contributed by atoms with E-state index in [0.717, 1.165) is 17.8 Å². The van der Waals surface area contributed by atoms with E-state index in [2.05, 4.69) is 25.2 Å². The normalized spacial score (nSPS) is 17.8. The molecule has 14 heavy (non-hydrogen) atoms. The molecular weight excluding hydrogens is 192 g/mol. The number of rotatable bonds is 0. The SMILES string of the molecule is CC1(C)CNc2cc(C#N)ccc2S1. The molecule has 0 unspecified atom stereocenters. The number of benzene rings is 1. The molecule has 0 atom stereocenters. The molecule has 1 N–H and O–H groups in total. The zero-order valence-electron chi connectivity index (χ0n) is 8.29. The van der Waals surface area contributed by atoms with Gasteiger partial charge in [-0.1, -0.05) is 0 Å². The molecule has 1 heterocycles. The Bertz CT molecular complexity index is 404. The summed E-state index contributed by atoms with van der Waals surface area (Å²) >= 11 is 1.86. The molecule has 0 aliphatic carbocycles. The Morgan fingerprint density at radius 1 is 1.50 bits per heavy atom. The third-order valence-electron chi connectivity index (χ3n) is 2.20. The minimum atomic E-state index is 0.237. The van der Waals surface area contributed by atoms with E-state index < -0.39 is 0 Å². The average Bonchev–Trinajstić information content (AvgIpc) is 2.16. The number of hydrogen-bond acceptors (Lipinski definition) is 3. The maximum atomic E-state index is 8.76. The lowest BCUT2D eigenvalue weighted by atomic mass is 10.1. The van der Waals surface area contributed by atoms with Gasteiger partial charge < -0.3 is 5.32 Å².